The Morgan fingerprint density at radius 2 is 1.16 bits per heavy atom. The van der Waals surface area contributed by atoms with Gasteiger partial charge in [0, 0.05) is 58.4 Å². The summed E-state index contributed by atoms with van der Waals surface area (Å²) < 4.78 is 0. The van der Waals surface area contributed by atoms with Crippen molar-refractivity contribution in [3.8, 4) is 0 Å². The van der Waals surface area contributed by atoms with Gasteiger partial charge in [0.2, 0.25) is 0 Å². The van der Waals surface area contributed by atoms with Crippen LogP contribution >= 0.6 is 0 Å². The highest BCUT2D eigenvalue weighted by Crippen LogP contribution is 2.15. The van der Waals surface area contributed by atoms with Crippen molar-refractivity contribution < 1.29 is 44.4 Å². The van der Waals surface area contributed by atoms with Crippen LogP contribution in [0.25, 0.3) is 0 Å². The van der Waals surface area contributed by atoms with Gasteiger partial charge in [-0.05, 0) is 24.1 Å². The molecule has 1 aliphatic rings. The molecule has 0 aromatic heterocycles. The van der Waals surface area contributed by atoms with Gasteiger partial charge in [-0.3, -0.25) is 4.79 Å². The smallest absolute Gasteiger partial charge is 0.407 e. The second-order valence-electron chi connectivity index (χ2n) is 7.88. The lowest BCUT2D eigenvalue weighted by atomic mass is 10.0. The van der Waals surface area contributed by atoms with Crippen LogP contribution in [0.3, 0.4) is 0 Å². The largest absolute Gasteiger partial charge is 0.465 e. The Bertz CT molecular complexity index is 941. The highest BCUT2D eigenvalue weighted by Gasteiger charge is 2.30. The maximum absolute atomic E-state index is 12.1. The van der Waals surface area contributed by atoms with E-state index in [0.29, 0.717) is 11.1 Å². The van der Waals surface area contributed by atoms with Crippen LogP contribution in [-0.4, -0.2) is 129 Å². The third-order valence-corrected chi connectivity index (χ3v) is 5.73. The molecule has 1 fully saturated rings. The molecule has 0 saturated carbocycles. The fraction of sp³-hybridized carbons (Fsp3) is 0.522. The first kappa shape index (κ1) is 30.8. The van der Waals surface area contributed by atoms with Crippen LogP contribution in [0.4, 0.5) is 19.2 Å². The Balaban J connectivity index is 0.00000334. The predicted molar refractivity (Wildman–Crippen MR) is 132 cm³/mol. The molecule has 1 aliphatic heterocycles. The number of nitrogens with one attached hydrogen (secondary N) is 1. The molecule has 1 aromatic rings. The lowest BCUT2D eigenvalue weighted by Crippen LogP contribution is -2.54. The van der Waals surface area contributed by atoms with Gasteiger partial charge in [-0.15, -0.1) is 0 Å². The lowest BCUT2D eigenvalue weighted by Gasteiger charge is -2.36. The van der Waals surface area contributed by atoms with E-state index in [9.17, 15) is 44.4 Å². The Hall–Kier alpha value is -4.23. The van der Waals surface area contributed by atoms with Gasteiger partial charge in [0.1, 0.15) is 0 Å². The molecule has 1 atom stereocenters. The minimum Gasteiger partial charge on any atom is -0.465 e. The molecule has 0 bridgehead atoms. The summed E-state index contributed by atoms with van der Waals surface area (Å²) in [5, 5.41) is 40.9. The van der Waals surface area contributed by atoms with Crippen LogP contribution < -0.4 is 5.32 Å². The zero-order valence-corrected chi connectivity index (χ0v) is 21.2. The molecular weight excluding hydrogens is 490 g/mol. The van der Waals surface area contributed by atoms with E-state index in [2.05, 4.69) is 5.32 Å². The van der Waals surface area contributed by atoms with E-state index in [0.717, 1.165) is 19.6 Å². The van der Waals surface area contributed by atoms with E-state index in [1.54, 1.807) is 24.3 Å². The van der Waals surface area contributed by atoms with Crippen molar-refractivity contribution >= 4 is 30.3 Å². The number of carbonyl (C=O) groups is 5. The summed E-state index contributed by atoms with van der Waals surface area (Å²) >= 11 is 0. The number of hydrogen-bond acceptors (Lipinski definition) is 5. The van der Waals surface area contributed by atoms with Crippen molar-refractivity contribution in [3.05, 3.63) is 35.4 Å². The first-order valence-electron chi connectivity index (χ1n) is 11.8. The van der Waals surface area contributed by atoms with Crippen molar-refractivity contribution in [3.63, 3.8) is 0 Å². The van der Waals surface area contributed by atoms with Gasteiger partial charge in [-0.25, -0.2) is 19.2 Å². The first-order valence-corrected chi connectivity index (χ1v) is 11.8. The van der Waals surface area contributed by atoms with Crippen molar-refractivity contribution in [2.24, 2.45) is 0 Å². The minimum absolute atomic E-state index is 0.0832. The second-order valence-corrected chi connectivity index (χ2v) is 7.88. The summed E-state index contributed by atoms with van der Waals surface area (Å²) in [6.07, 6.45) is -5.26. The summed E-state index contributed by atoms with van der Waals surface area (Å²) in [7, 11) is 1.48. The van der Waals surface area contributed by atoms with Crippen LogP contribution in [0.15, 0.2) is 24.3 Å². The quantitative estimate of drug-likeness (QED) is 0.392. The van der Waals surface area contributed by atoms with Gasteiger partial charge in [-0.1, -0.05) is 26.0 Å². The summed E-state index contributed by atoms with van der Waals surface area (Å²) in [4.78, 5) is 62.7. The van der Waals surface area contributed by atoms with Gasteiger partial charge in [0.15, 0.2) is 0 Å². The number of amides is 5. The molecule has 37 heavy (non-hydrogen) atoms. The summed E-state index contributed by atoms with van der Waals surface area (Å²) in [6, 6.07) is 5.47. The molecule has 5 N–H and O–H groups in total. The average Bonchev–Trinajstić information content (AvgIpc) is 2.85. The number of hydrogen-bond donors (Lipinski definition) is 5. The normalized spacial score (nSPS) is 16.9. The third kappa shape index (κ3) is 9.39. The van der Waals surface area contributed by atoms with E-state index in [1.807, 2.05) is 13.8 Å². The number of nitrogens with zero attached hydrogens (tertiary/aromatic N) is 4. The molecule has 5 amide bonds. The predicted octanol–water partition coefficient (Wildman–Crippen LogP) is 1.92. The maximum atomic E-state index is 12.1. The molecule has 1 saturated heterocycles. The number of carboxylic acid groups (broad SMARTS) is 4. The standard InChI is InChI=1S/C21H29N5O9.C2H6/c1-22-17(27)15-4-2-14(3-5-15)12-16-13-25(20(32)33)9-8-23(18(28)29)6-7-24(19(30)31)10-11-26(16)21(34)35;1-2/h2-5,16H,6-13H2,1H3,(H,22,27)(H,28,29)(H,30,31)(H,32,33)(H,34,35);1-2H3. The molecule has 0 radical (unpaired) electrons. The maximum Gasteiger partial charge on any atom is 0.407 e. The third-order valence-electron chi connectivity index (χ3n) is 5.73. The van der Waals surface area contributed by atoms with Crippen molar-refractivity contribution in [2.75, 3.05) is 52.9 Å². The molecule has 1 heterocycles. The number of benzene rings is 1. The van der Waals surface area contributed by atoms with Gasteiger partial charge in [0.25, 0.3) is 5.91 Å². The molecule has 14 heteroatoms. The molecule has 0 spiro atoms. The van der Waals surface area contributed by atoms with Crippen molar-refractivity contribution in [1.82, 2.24) is 24.9 Å². The Morgan fingerprint density at radius 1 is 0.730 bits per heavy atom. The van der Waals surface area contributed by atoms with Crippen molar-refractivity contribution in [2.45, 2.75) is 26.3 Å². The Kier molecular flexibility index (Phi) is 12.5. The zero-order chi connectivity index (χ0) is 28.1. The van der Waals surface area contributed by atoms with E-state index in [4.69, 9.17) is 0 Å². The van der Waals surface area contributed by atoms with E-state index < -0.39 is 30.4 Å². The minimum atomic E-state index is -1.35. The fourth-order valence-corrected chi connectivity index (χ4v) is 3.75. The monoisotopic (exact) mass is 525 g/mol. The molecule has 1 unspecified atom stereocenters. The number of carbonyl (C=O) groups excluding carboxylic acids is 1. The average molecular weight is 526 g/mol. The molecule has 1 aromatic carbocycles. The summed E-state index contributed by atoms with van der Waals surface area (Å²) in [5.41, 5.74) is 1.02. The fourth-order valence-electron chi connectivity index (χ4n) is 3.75. The summed E-state index contributed by atoms with van der Waals surface area (Å²) in [5.74, 6) is -0.302. The van der Waals surface area contributed by atoms with Crippen molar-refractivity contribution in [1.29, 1.82) is 0 Å². The van der Waals surface area contributed by atoms with Gasteiger partial charge in [-0.2, -0.15) is 0 Å². The lowest BCUT2D eigenvalue weighted by molar-refractivity contribution is 0.0763. The Morgan fingerprint density at radius 3 is 1.57 bits per heavy atom. The Labute approximate surface area is 214 Å². The van der Waals surface area contributed by atoms with Crippen LogP contribution in [0.1, 0.15) is 29.8 Å². The molecule has 2 rings (SSSR count). The molecule has 206 valence electrons. The van der Waals surface area contributed by atoms with Crippen LogP contribution in [0.5, 0.6) is 0 Å². The van der Waals surface area contributed by atoms with Crippen LogP contribution in [0, 0.1) is 0 Å². The highest BCUT2D eigenvalue weighted by molar-refractivity contribution is 5.93. The van der Waals surface area contributed by atoms with Gasteiger partial charge < -0.3 is 45.3 Å². The van der Waals surface area contributed by atoms with E-state index in [-0.39, 0.29) is 58.1 Å². The summed E-state index contributed by atoms with van der Waals surface area (Å²) in [6.45, 7) is 2.43. The van der Waals surface area contributed by atoms with Crippen LogP contribution in [0.2, 0.25) is 0 Å². The molecule has 14 nitrogen and oxygen atoms in total. The van der Waals surface area contributed by atoms with E-state index in [1.165, 1.54) is 7.05 Å². The second kappa shape index (κ2) is 15.0. The SMILES string of the molecule is CC.CNC(=O)c1ccc(CC2CN(C(=O)O)CCN(C(=O)O)CCN(C(=O)O)CCN2C(=O)O)cc1. The van der Waals surface area contributed by atoms with Gasteiger partial charge in [0.05, 0.1) is 6.04 Å². The number of rotatable bonds is 3. The molecular formula is C23H35N5O9. The van der Waals surface area contributed by atoms with Gasteiger partial charge >= 0.3 is 24.4 Å². The highest BCUT2D eigenvalue weighted by atomic mass is 16.4. The molecule has 0 aliphatic carbocycles. The van der Waals surface area contributed by atoms with E-state index >= 15 is 0 Å². The zero-order valence-electron chi connectivity index (χ0n) is 21.2. The first-order chi connectivity index (χ1) is 17.5. The topological polar surface area (TPSA) is 191 Å². The van der Waals surface area contributed by atoms with Crippen LogP contribution in [-0.2, 0) is 6.42 Å².